The summed E-state index contributed by atoms with van der Waals surface area (Å²) in [5.41, 5.74) is 6.09. The van der Waals surface area contributed by atoms with Crippen LogP contribution in [0.15, 0.2) is 18.3 Å². The minimum absolute atomic E-state index is 0.361. The second-order valence-corrected chi connectivity index (χ2v) is 6.45. The summed E-state index contributed by atoms with van der Waals surface area (Å²) in [6.07, 6.45) is 7.03. The second-order valence-electron chi connectivity index (χ2n) is 6.01. The summed E-state index contributed by atoms with van der Waals surface area (Å²) in [6, 6.07) is 3.79. The van der Waals surface area contributed by atoms with Crippen LogP contribution in [0.25, 0.3) is 0 Å². The average molecular weight is 291 g/mol. The van der Waals surface area contributed by atoms with Crippen molar-refractivity contribution >= 4 is 23.0 Å². The lowest BCUT2D eigenvalue weighted by atomic mass is 9.71. The molecule has 1 aliphatic heterocycles. The molecule has 1 saturated carbocycles. The molecule has 20 heavy (non-hydrogen) atoms. The lowest BCUT2D eigenvalue weighted by molar-refractivity contribution is -0.0613. The number of hydrogen-bond acceptors (Lipinski definition) is 4. The third kappa shape index (κ3) is 2.52. The van der Waals surface area contributed by atoms with E-state index in [0.29, 0.717) is 10.9 Å². The Kier molecular flexibility index (Phi) is 3.65. The molecule has 2 aliphatic rings. The molecule has 4 nitrogen and oxygen atoms in total. The van der Waals surface area contributed by atoms with Gasteiger partial charge in [-0.05, 0) is 31.4 Å². The van der Waals surface area contributed by atoms with Crippen LogP contribution in [0.4, 0.5) is 5.82 Å². The number of aliphatic hydroxyl groups is 1. The molecule has 0 aromatic carbocycles. The average Bonchev–Trinajstić information content (AvgIpc) is 2.46. The monoisotopic (exact) mass is 291 g/mol. The Bertz CT molecular complexity index is 522. The molecule has 3 N–H and O–H groups in total. The van der Waals surface area contributed by atoms with Gasteiger partial charge in [0.1, 0.15) is 10.8 Å². The molecule has 1 aromatic rings. The van der Waals surface area contributed by atoms with Gasteiger partial charge in [-0.25, -0.2) is 4.98 Å². The van der Waals surface area contributed by atoms with Crippen molar-refractivity contribution in [2.45, 2.75) is 37.7 Å². The normalized spacial score (nSPS) is 29.9. The highest BCUT2D eigenvalue weighted by atomic mass is 32.1. The van der Waals surface area contributed by atoms with Crippen LogP contribution in [0, 0.1) is 5.92 Å². The zero-order valence-electron chi connectivity index (χ0n) is 11.6. The highest BCUT2D eigenvalue weighted by Crippen LogP contribution is 2.40. The molecule has 5 heteroatoms. The third-order valence-corrected chi connectivity index (χ3v) is 5.02. The molecule has 0 spiro atoms. The number of rotatable bonds is 2. The van der Waals surface area contributed by atoms with Crippen LogP contribution in [-0.4, -0.2) is 33.8 Å². The van der Waals surface area contributed by atoms with Crippen molar-refractivity contribution in [2.24, 2.45) is 11.7 Å². The Morgan fingerprint density at radius 1 is 1.45 bits per heavy atom. The largest absolute Gasteiger partial charge is 0.389 e. The van der Waals surface area contributed by atoms with Gasteiger partial charge in [0.2, 0.25) is 0 Å². The first-order valence-corrected chi connectivity index (χ1v) is 7.72. The Balaban J connectivity index is 1.79. The molecule has 0 radical (unpaired) electrons. The SMILES string of the molecule is NC(=S)c1ccnc(N2CCC3(O)CCCCC3C2)c1. The summed E-state index contributed by atoms with van der Waals surface area (Å²) in [5, 5.41) is 10.7. The van der Waals surface area contributed by atoms with Gasteiger partial charge in [-0.1, -0.05) is 25.1 Å². The molecule has 2 atom stereocenters. The van der Waals surface area contributed by atoms with Crippen molar-refractivity contribution in [3.63, 3.8) is 0 Å². The van der Waals surface area contributed by atoms with Crippen molar-refractivity contribution < 1.29 is 5.11 Å². The Morgan fingerprint density at radius 2 is 2.30 bits per heavy atom. The molecule has 1 aliphatic carbocycles. The number of pyridine rings is 1. The van der Waals surface area contributed by atoms with E-state index in [9.17, 15) is 5.11 Å². The van der Waals surface area contributed by atoms with Crippen molar-refractivity contribution in [3.05, 3.63) is 23.9 Å². The van der Waals surface area contributed by atoms with Gasteiger partial charge in [-0.3, -0.25) is 0 Å². The number of hydrogen-bond donors (Lipinski definition) is 2. The fourth-order valence-corrected chi connectivity index (χ4v) is 3.65. The summed E-state index contributed by atoms with van der Waals surface area (Å²) in [4.78, 5) is 7.09. The fourth-order valence-electron chi connectivity index (χ4n) is 3.52. The zero-order chi connectivity index (χ0) is 14.2. The van der Waals surface area contributed by atoms with Crippen LogP contribution in [0.3, 0.4) is 0 Å². The van der Waals surface area contributed by atoms with Gasteiger partial charge >= 0.3 is 0 Å². The zero-order valence-corrected chi connectivity index (χ0v) is 12.4. The second kappa shape index (κ2) is 5.30. The van der Waals surface area contributed by atoms with E-state index in [0.717, 1.165) is 50.2 Å². The molecule has 0 amide bonds. The molecule has 0 bridgehead atoms. The molecular weight excluding hydrogens is 270 g/mol. The van der Waals surface area contributed by atoms with E-state index < -0.39 is 5.60 Å². The van der Waals surface area contributed by atoms with Gasteiger partial charge in [-0.2, -0.15) is 0 Å². The van der Waals surface area contributed by atoms with Crippen molar-refractivity contribution in [1.82, 2.24) is 4.98 Å². The lowest BCUT2D eigenvalue weighted by Crippen LogP contribution is -2.53. The quantitative estimate of drug-likeness (QED) is 0.814. The van der Waals surface area contributed by atoms with Gasteiger partial charge in [0.25, 0.3) is 0 Å². The fraction of sp³-hybridized carbons (Fsp3) is 0.600. The summed E-state index contributed by atoms with van der Waals surface area (Å²) in [6.45, 7) is 1.73. The highest BCUT2D eigenvalue weighted by molar-refractivity contribution is 7.80. The van der Waals surface area contributed by atoms with Gasteiger partial charge in [0, 0.05) is 30.8 Å². The molecule has 1 saturated heterocycles. The van der Waals surface area contributed by atoms with E-state index in [2.05, 4.69) is 9.88 Å². The van der Waals surface area contributed by atoms with E-state index >= 15 is 0 Å². The first-order valence-electron chi connectivity index (χ1n) is 7.32. The molecule has 1 aromatic heterocycles. The van der Waals surface area contributed by atoms with Crippen LogP contribution < -0.4 is 10.6 Å². The van der Waals surface area contributed by atoms with Crippen LogP contribution >= 0.6 is 12.2 Å². The maximum atomic E-state index is 10.7. The smallest absolute Gasteiger partial charge is 0.129 e. The summed E-state index contributed by atoms with van der Waals surface area (Å²) in [7, 11) is 0. The number of nitrogens with zero attached hydrogens (tertiary/aromatic N) is 2. The van der Waals surface area contributed by atoms with Crippen molar-refractivity contribution in [2.75, 3.05) is 18.0 Å². The molecule has 2 heterocycles. The van der Waals surface area contributed by atoms with Crippen LogP contribution in [0.1, 0.15) is 37.7 Å². The van der Waals surface area contributed by atoms with E-state index in [1.54, 1.807) is 6.20 Å². The summed E-state index contributed by atoms with van der Waals surface area (Å²) >= 11 is 5.02. The van der Waals surface area contributed by atoms with Crippen LogP contribution in [0.5, 0.6) is 0 Å². The van der Waals surface area contributed by atoms with Crippen molar-refractivity contribution in [3.8, 4) is 0 Å². The molecule has 2 fully saturated rings. The summed E-state index contributed by atoms with van der Waals surface area (Å²) < 4.78 is 0. The standard InChI is InChI=1S/C15H21N3OS/c16-14(20)11-4-7-17-13(9-11)18-8-6-15(19)5-2-1-3-12(15)10-18/h4,7,9,12,19H,1-3,5-6,8,10H2,(H2,16,20). The highest BCUT2D eigenvalue weighted by Gasteiger charge is 2.42. The van der Waals surface area contributed by atoms with Crippen LogP contribution in [0.2, 0.25) is 0 Å². The topological polar surface area (TPSA) is 62.4 Å². The maximum Gasteiger partial charge on any atom is 0.129 e. The Labute approximate surface area is 125 Å². The lowest BCUT2D eigenvalue weighted by Gasteiger charge is -2.47. The first kappa shape index (κ1) is 13.8. The molecule has 108 valence electrons. The number of anilines is 1. The van der Waals surface area contributed by atoms with E-state index in [1.807, 2.05) is 12.1 Å². The maximum absolute atomic E-state index is 10.7. The number of thiocarbonyl (C=S) groups is 1. The minimum Gasteiger partial charge on any atom is -0.389 e. The van der Waals surface area contributed by atoms with Gasteiger partial charge in [-0.15, -0.1) is 0 Å². The number of fused-ring (bicyclic) bond motifs is 1. The molecule has 3 rings (SSSR count). The minimum atomic E-state index is -0.449. The number of aromatic nitrogens is 1. The Morgan fingerprint density at radius 3 is 3.10 bits per heavy atom. The Hall–Kier alpha value is -1.20. The first-order chi connectivity index (χ1) is 9.58. The number of nitrogens with two attached hydrogens (primary N) is 1. The molecular formula is C15H21N3OS. The van der Waals surface area contributed by atoms with E-state index in [-0.39, 0.29) is 0 Å². The third-order valence-electron chi connectivity index (χ3n) is 4.78. The van der Waals surface area contributed by atoms with E-state index in [1.165, 1.54) is 6.42 Å². The van der Waals surface area contributed by atoms with Crippen LogP contribution in [-0.2, 0) is 0 Å². The van der Waals surface area contributed by atoms with Gasteiger partial charge in [0.05, 0.1) is 5.60 Å². The summed E-state index contributed by atoms with van der Waals surface area (Å²) in [5.74, 6) is 1.28. The predicted molar refractivity (Wildman–Crippen MR) is 83.9 cm³/mol. The van der Waals surface area contributed by atoms with Gasteiger partial charge < -0.3 is 15.7 Å². The molecule has 2 unspecified atom stereocenters. The van der Waals surface area contributed by atoms with Crippen molar-refractivity contribution in [1.29, 1.82) is 0 Å². The predicted octanol–water partition coefficient (Wildman–Crippen LogP) is 1.85. The van der Waals surface area contributed by atoms with E-state index in [4.69, 9.17) is 18.0 Å². The number of piperidine rings is 1. The van der Waals surface area contributed by atoms with Gasteiger partial charge in [0.15, 0.2) is 0 Å².